The molecule has 1 heterocycles. The van der Waals surface area contributed by atoms with Crippen LogP contribution in [0.3, 0.4) is 0 Å². The molecule has 2 rings (SSSR count). The Hall–Kier alpha value is -1.97. The average molecular weight is 186 g/mol. The lowest BCUT2D eigenvalue weighted by Crippen LogP contribution is -2.01. The lowest BCUT2D eigenvalue weighted by molar-refractivity contribution is 0.997. The van der Waals surface area contributed by atoms with Gasteiger partial charge in [-0.2, -0.15) is 9.97 Å². The van der Waals surface area contributed by atoms with Crippen molar-refractivity contribution < 1.29 is 0 Å². The second-order valence-corrected chi connectivity index (χ2v) is 2.93. The van der Waals surface area contributed by atoms with E-state index in [0.717, 1.165) is 5.56 Å². The molecular formula is C10H10N4. The lowest BCUT2D eigenvalue weighted by atomic mass is 10.2. The zero-order valence-electron chi connectivity index (χ0n) is 7.81. The van der Waals surface area contributed by atoms with Gasteiger partial charge in [0.1, 0.15) is 5.82 Å². The van der Waals surface area contributed by atoms with E-state index in [0.29, 0.717) is 11.6 Å². The van der Waals surface area contributed by atoms with Gasteiger partial charge in [0, 0.05) is 5.56 Å². The van der Waals surface area contributed by atoms with E-state index in [4.69, 9.17) is 5.73 Å². The van der Waals surface area contributed by atoms with Crippen molar-refractivity contribution in [3.05, 3.63) is 36.2 Å². The number of hydrogen-bond donors (Lipinski definition) is 1. The van der Waals surface area contributed by atoms with Crippen molar-refractivity contribution in [1.29, 1.82) is 0 Å². The van der Waals surface area contributed by atoms with Crippen LogP contribution in [0.25, 0.3) is 11.4 Å². The van der Waals surface area contributed by atoms with Crippen molar-refractivity contribution in [2.24, 2.45) is 0 Å². The fraction of sp³-hybridized carbons (Fsp3) is 0.100. The first-order chi connectivity index (χ1) is 6.75. The van der Waals surface area contributed by atoms with E-state index in [-0.39, 0.29) is 5.95 Å². The van der Waals surface area contributed by atoms with Gasteiger partial charge in [-0.05, 0) is 6.92 Å². The smallest absolute Gasteiger partial charge is 0.223 e. The first-order valence-corrected chi connectivity index (χ1v) is 4.29. The highest BCUT2D eigenvalue weighted by molar-refractivity contribution is 5.55. The van der Waals surface area contributed by atoms with Gasteiger partial charge in [-0.25, -0.2) is 4.98 Å². The van der Waals surface area contributed by atoms with Crippen molar-refractivity contribution in [2.45, 2.75) is 6.92 Å². The van der Waals surface area contributed by atoms with Crippen LogP contribution in [0.4, 0.5) is 5.95 Å². The van der Waals surface area contributed by atoms with Crippen LogP contribution in [0, 0.1) is 6.92 Å². The highest BCUT2D eigenvalue weighted by Crippen LogP contribution is 2.13. The van der Waals surface area contributed by atoms with Crippen LogP contribution in [0.5, 0.6) is 0 Å². The Bertz CT molecular complexity index is 419. The predicted octanol–water partition coefficient (Wildman–Crippen LogP) is 1.43. The van der Waals surface area contributed by atoms with Crippen LogP contribution in [-0.4, -0.2) is 15.0 Å². The van der Waals surface area contributed by atoms with Gasteiger partial charge in [-0.3, -0.25) is 0 Å². The van der Waals surface area contributed by atoms with Crippen LogP contribution >= 0.6 is 0 Å². The summed E-state index contributed by atoms with van der Waals surface area (Å²) in [7, 11) is 0. The number of nitrogens with zero attached hydrogens (tertiary/aromatic N) is 3. The first kappa shape index (κ1) is 8.62. The molecule has 0 aliphatic rings. The summed E-state index contributed by atoms with van der Waals surface area (Å²) in [4.78, 5) is 12.2. The summed E-state index contributed by atoms with van der Waals surface area (Å²) in [5, 5.41) is 0. The normalized spacial score (nSPS) is 10.1. The van der Waals surface area contributed by atoms with E-state index in [9.17, 15) is 0 Å². The summed E-state index contributed by atoms with van der Waals surface area (Å²) in [6, 6.07) is 9.69. The highest BCUT2D eigenvalue weighted by Gasteiger charge is 2.02. The maximum absolute atomic E-state index is 5.53. The molecule has 0 unspecified atom stereocenters. The quantitative estimate of drug-likeness (QED) is 0.731. The second-order valence-electron chi connectivity index (χ2n) is 2.93. The number of rotatable bonds is 1. The summed E-state index contributed by atoms with van der Waals surface area (Å²) in [5.74, 6) is 1.52. The molecule has 0 fully saturated rings. The number of nitrogen functional groups attached to an aromatic ring is 1. The Morgan fingerprint density at radius 1 is 1.00 bits per heavy atom. The van der Waals surface area contributed by atoms with E-state index >= 15 is 0 Å². The summed E-state index contributed by atoms with van der Waals surface area (Å²) in [6.07, 6.45) is 0. The summed E-state index contributed by atoms with van der Waals surface area (Å²) >= 11 is 0. The third kappa shape index (κ3) is 1.69. The van der Waals surface area contributed by atoms with Gasteiger partial charge in [-0.1, -0.05) is 30.3 Å². The number of aryl methyl sites for hydroxylation is 1. The standard InChI is InChI=1S/C10H10N4/c1-7-12-9(14-10(11)13-7)8-5-3-2-4-6-8/h2-6H,1H3,(H2,11,12,13,14). The van der Waals surface area contributed by atoms with Gasteiger partial charge in [0.2, 0.25) is 5.95 Å². The summed E-state index contributed by atoms with van der Waals surface area (Å²) in [5.41, 5.74) is 6.48. The Morgan fingerprint density at radius 2 is 1.71 bits per heavy atom. The van der Waals surface area contributed by atoms with Crippen LogP contribution < -0.4 is 5.73 Å². The average Bonchev–Trinajstić information content (AvgIpc) is 2.18. The van der Waals surface area contributed by atoms with Crippen molar-refractivity contribution in [3.63, 3.8) is 0 Å². The van der Waals surface area contributed by atoms with E-state index in [1.54, 1.807) is 6.92 Å². The molecule has 0 atom stereocenters. The van der Waals surface area contributed by atoms with Crippen molar-refractivity contribution in [3.8, 4) is 11.4 Å². The first-order valence-electron chi connectivity index (χ1n) is 4.29. The molecule has 70 valence electrons. The summed E-state index contributed by atoms with van der Waals surface area (Å²) < 4.78 is 0. The number of anilines is 1. The van der Waals surface area contributed by atoms with E-state index in [1.807, 2.05) is 30.3 Å². The molecule has 2 aromatic rings. The SMILES string of the molecule is Cc1nc(N)nc(-c2ccccc2)n1. The fourth-order valence-electron chi connectivity index (χ4n) is 1.22. The fourth-order valence-corrected chi connectivity index (χ4v) is 1.22. The van der Waals surface area contributed by atoms with Gasteiger partial charge < -0.3 is 5.73 Å². The molecule has 0 amide bonds. The molecule has 0 spiro atoms. The van der Waals surface area contributed by atoms with Gasteiger partial charge in [0.15, 0.2) is 5.82 Å². The number of hydrogen-bond acceptors (Lipinski definition) is 4. The Morgan fingerprint density at radius 3 is 2.36 bits per heavy atom. The zero-order chi connectivity index (χ0) is 9.97. The molecule has 1 aromatic carbocycles. The maximum atomic E-state index is 5.53. The molecule has 0 radical (unpaired) electrons. The van der Waals surface area contributed by atoms with E-state index in [2.05, 4.69) is 15.0 Å². The molecule has 2 N–H and O–H groups in total. The number of nitrogens with two attached hydrogens (primary N) is 1. The Labute approximate surface area is 81.9 Å². The van der Waals surface area contributed by atoms with Crippen LogP contribution in [0.1, 0.15) is 5.82 Å². The largest absolute Gasteiger partial charge is 0.368 e. The molecule has 0 aliphatic heterocycles. The van der Waals surface area contributed by atoms with Crippen LogP contribution in [-0.2, 0) is 0 Å². The van der Waals surface area contributed by atoms with E-state index in [1.165, 1.54) is 0 Å². The van der Waals surface area contributed by atoms with Gasteiger partial charge in [0.25, 0.3) is 0 Å². The lowest BCUT2D eigenvalue weighted by Gasteiger charge is -2.01. The molecular weight excluding hydrogens is 176 g/mol. The Kier molecular flexibility index (Phi) is 2.10. The number of benzene rings is 1. The monoisotopic (exact) mass is 186 g/mol. The third-order valence-corrected chi connectivity index (χ3v) is 1.80. The third-order valence-electron chi connectivity index (χ3n) is 1.80. The highest BCUT2D eigenvalue weighted by atomic mass is 15.1. The predicted molar refractivity (Wildman–Crippen MR) is 54.4 cm³/mol. The maximum Gasteiger partial charge on any atom is 0.223 e. The molecule has 0 saturated carbocycles. The van der Waals surface area contributed by atoms with Gasteiger partial charge in [-0.15, -0.1) is 0 Å². The molecule has 4 heteroatoms. The second kappa shape index (κ2) is 3.41. The molecule has 1 aromatic heterocycles. The summed E-state index contributed by atoms with van der Waals surface area (Å²) in [6.45, 7) is 1.80. The van der Waals surface area contributed by atoms with Crippen LogP contribution in [0.2, 0.25) is 0 Å². The molecule has 14 heavy (non-hydrogen) atoms. The molecule has 0 bridgehead atoms. The van der Waals surface area contributed by atoms with E-state index < -0.39 is 0 Å². The van der Waals surface area contributed by atoms with Gasteiger partial charge in [0.05, 0.1) is 0 Å². The van der Waals surface area contributed by atoms with Crippen LogP contribution in [0.15, 0.2) is 30.3 Å². The minimum absolute atomic E-state index is 0.261. The minimum atomic E-state index is 0.261. The van der Waals surface area contributed by atoms with Crippen molar-refractivity contribution in [1.82, 2.24) is 15.0 Å². The van der Waals surface area contributed by atoms with Crippen molar-refractivity contribution in [2.75, 3.05) is 5.73 Å². The minimum Gasteiger partial charge on any atom is -0.368 e. The number of aromatic nitrogens is 3. The molecule has 4 nitrogen and oxygen atoms in total. The Balaban J connectivity index is 2.52. The zero-order valence-corrected chi connectivity index (χ0v) is 7.81. The molecule has 0 saturated heterocycles. The molecule has 0 aliphatic carbocycles. The topological polar surface area (TPSA) is 64.7 Å². The van der Waals surface area contributed by atoms with Gasteiger partial charge >= 0.3 is 0 Å². The van der Waals surface area contributed by atoms with Crippen molar-refractivity contribution >= 4 is 5.95 Å².